The van der Waals surface area contributed by atoms with E-state index in [2.05, 4.69) is 55.6 Å². The summed E-state index contributed by atoms with van der Waals surface area (Å²) in [5, 5.41) is 0. The van der Waals surface area contributed by atoms with Crippen LogP contribution >= 0.6 is 38.5 Å². The summed E-state index contributed by atoms with van der Waals surface area (Å²) in [5.41, 5.74) is 2.13. The van der Waals surface area contributed by atoms with Crippen LogP contribution in [-0.2, 0) is 0 Å². The lowest BCUT2D eigenvalue weighted by Gasteiger charge is -2.04. The molecule has 0 bridgehead atoms. The molecule has 0 N–H and O–H groups in total. The fraction of sp³-hybridized carbons (Fsp3) is 0. The van der Waals surface area contributed by atoms with Crippen molar-refractivity contribution in [2.45, 2.75) is 0 Å². The lowest BCUT2D eigenvalue weighted by Crippen LogP contribution is -1.86. The quantitative estimate of drug-likeness (QED) is 0.698. The molecule has 0 fully saturated rings. The second kappa shape index (κ2) is 4.40. The smallest absolute Gasteiger partial charge is 0.0854 e. The van der Waals surface area contributed by atoms with Crippen LogP contribution in [0.1, 0.15) is 0 Å². The van der Waals surface area contributed by atoms with Crippen molar-refractivity contribution in [3.63, 3.8) is 0 Å². The van der Waals surface area contributed by atoms with Crippen molar-refractivity contribution >= 4 is 38.5 Å². The highest BCUT2D eigenvalue weighted by atomic mass is 127. The first-order valence-electron chi connectivity index (χ1n) is 4.14. The van der Waals surface area contributed by atoms with Gasteiger partial charge in [0, 0.05) is 15.3 Å². The average Bonchev–Trinajstić information content (AvgIpc) is 2.23. The number of rotatable bonds is 1. The third-order valence-electron chi connectivity index (χ3n) is 1.89. The van der Waals surface area contributed by atoms with Gasteiger partial charge in [0.25, 0.3) is 0 Å². The number of pyridine rings is 1. The van der Waals surface area contributed by atoms with Gasteiger partial charge in [0.15, 0.2) is 0 Å². The van der Waals surface area contributed by atoms with Gasteiger partial charge in [0.05, 0.1) is 10.2 Å². The van der Waals surface area contributed by atoms with Gasteiger partial charge in [-0.25, -0.2) is 0 Å². The molecule has 1 heterocycles. The van der Waals surface area contributed by atoms with Gasteiger partial charge in [-0.05, 0) is 44.6 Å². The van der Waals surface area contributed by atoms with E-state index in [4.69, 9.17) is 0 Å². The highest BCUT2D eigenvalue weighted by Gasteiger charge is 2.06. The summed E-state index contributed by atoms with van der Waals surface area (Å²) < 4.78 is 2.24. The van der Waals surface area contributed by atoms with Gasteiger partial charge < -0.3 is 0 Å². The molecule has 0 aliphatic rings. The van der Waals surface area contributed by atoms with Crippen molar-refractivity contribution in [3.8, 4) is 11.3 Å². The molecule has 0 saturated heterocycles. The van der Waals surface area contributed by atoms with Crippen molar-refractivity contribution in [2.75, 3.05) is 0 Å². The fourth-order valence-corrected chi connectivity index (χ4v) is 2.10. The molecule has 0 saturated carbocycles. The van der Waals surface area contributed by atoms with E-state index in [1.807, 2.05) is 30.5 Å². The van der Waals surface area contributed by atoms with Crippen LogP contribution < -0.4 is 0 Å². The molecule has 70 valence electrons. The lowest BCUT2D eigenvalue weighted by molar-refractivity contribution is 1.29. The predicted octanol–water partition coefficient (Wildman–Crippen LogP) is 4.12. The first-order chi connectivity index (χ1) is 6.79. The maximum Gasteiger partial charge on any atom is 0.0854 e. The van der Waals surface area contributed by atoms with Crippen LogP contribution in [-0.4, -0.2) is 4.98 Å². The minimum Gasteiger partial charge on any atom is -0.255 e. The van der Waals surface area contributed by atoms with Crippen LogP contribution in [0.15, 0.2) is 47.1 Å². The number of halogens is 2. The molecule has 2 rings (SSSR count). The second-order valence-electron chi connectivity index (χ2n) is 2.82. The third-order valence-corrected chi connectivity index (χ3v) is 4.33. The van der Waals surface area contributed by atoms with Gasteiger partial charge >= 0.3 is 0 Å². The molecule has 14 heavy (non-hydrogen) atoms. The van der Waals surface area contributed by atoms with Gasteiger partial charge in [-0.3, -0.25) is 4.98 Å². The van der Waals surface area contributed by atoms with Crippen molar-refractivity contribution in [1.29, 1.82) is 0 Å². The zero-order valence-electron chi connectivity index (χ0n) is 7.24. The summed E-state index contributed by atoms with van der Waals surface area (Å²) in [6.07, 6.45) is 1.83. The summed E-state index contributed by atoms with van der Waals surface area (Å²) in [4.78, 5) is 4.36. The molecule has 0 aliphatic heterocycles. The Morgan fingerprint density at radius 1 is 1.07 bits per heavy atom. The Balaban J connectivity index is 2.58. The Kier molecular flexibility index (Phi) is 3.18. The molecule has 1 aromatic carbocycles. The number of hydrogen-bond donors (Lipinski definition) is 0. The monoisotopic (exact) mass is 359 g/mol. The van der Waals surface area contributed by atoms with E-state index in [9.17, 15) is 0 Å². The van der Waals surface area contributed by atoms with E-state index >= 15 is 0 Å². The summed E-state index contributed by atoms with van der Waals surface area (Å²) in [6.45, 7) is 0. The molecule has 0 amide bonds. The molecular formula is C11H7BrIN. The van der Waals surface area contributed by atoms with Crippen molar-refractivity contribution < 1.29 is 0 Å². The first kappa shape index (κ1) is 10.1. The maximum atomic E-state index is 4.36. The van der Waals surface area contributed by atoms with E-state index in [1.54, 1.807) is 0 Å². The van der Waals surface area contributed by atoms with Crippen molar-refractivity contribution in [3.05, 3.63) is 50.6 Å². The molecular weight excluding hydrogens is 353 g/mol. The first-order valence-corrected chi connectivity index (χ1v) is 6.01. The van der Waals surface area contributed by atoms with Gasteiger partial charge in [0.2, 0.25) is 0 Å². The molecule has 0 atom stereocenters. The van der Waals surface area contributed by atoms with E-state index in [0.717, 1.165) is 15.7 Å². The van der Waals surface area contributed by atoms with Crippen molar-refractivity contribution in [2.24, 2.45) is 0 Å². The number of hydrogen-bond acceptors (Lipinski definition) is 1. The molecule has 0 aliphatic carbocycles. The number of aromatic nitrogens is 1. The van der Waals surface area contributed by atoms with E-state index < -0.39 is 0 Å². The number of nitrogens with zero attached hydrogens (tertiary/aromatic N) is 1. The minimum absolute atomic E-state index is 0.998. The van der Waals surface area contributed by atoms with Crippen molar-refractivity contribution in [1.82, 2.24) is 4.98 Å². The molecule has 3 heteroatoms. The highest BCUT2D eigenvalue weighted by molar-refractivity contribution is 14.1. The topological polar surface area (TPSA) is 12.9 Å². The van der Waals surface area contributed by atoms with E-state index in [0.29, 0.717) is 0 Å². The second-order valence-corrected chi connectivity index (χ2v) is 4.78. The van der Waals surface area contributed by atoms with Gasteiger partial charge in [-0.2, -0.15) is 0 Å². The minimum atomic E-state index is 0.998. The number of benzene rings is 1. The van der Waals surface area contributed by atoms with Crippen LogP contribution in [0.5, 0.6) is 0 Å². The summed E-state index contributed by atoms with van der Waals surface area (Å²) in [7, 11) is 0. The third kappa shape index (κ3) is 1.98. The average molecular weight is 360 g/mol. The van der Waals surface area contributed by atoms with E-state index in [-0.39, 0.29) is 0 Å². The Morgan fingerprint density at radius 3 is 2.50 bits per heavy atom. The van der Waals surface area contributed by atoms with Gasteiger partial charge in [-0.15, -0.1) is 0 Å². The molecule has 0 radical (unpaired) electrons. The molecule has 2 aromatic rings. The zero-order chi connectivity index (χ0) is 9.97. The molecule has 1 aromatic heterocycles. The SMILES string of the molecule is Brc1c(I)ccnc1-c1ccccc1. The van der Waals surface area contributed by atoms with Crippen LogP contribution in [0.2, 0.25) is 0 Å². The van der Waals surface area contributed by atoms with E-state index in [1.165, 1.54) is 3.57 Å². The summed E-state index contributed by atoms with van der Waals surface area (Å²) in [6, 6.07) is 12.1. The standard InChI is InChI=1S/C11H7BrIN/c12-10-9(13)6-7-14-11(10)8-4-2-1-3-5-8/h1-7H. The normalized spacial score (nSPS) is 10.1. The Bertz CT molecular complexity index is 442. The maximum absolute atomic E-state index is 4.36. The zero-order valence-corrected chi connectivity index (χ0v) is 11.0. The highest BCUT2D eigenvalue weighted by Crippen LogP contribution is 2.29. The lowest BCUT2D eigenvalue weighted by atomic mass is 10.1. The van der Waals surface area contributed by atoms with Crippen LogP contribution in [0.25, 0.3) is 11.3 Å². The fourth-order valence-electron chi connectivity index (χ4n) is 1.22. The Hall–Kier alpha value is -0.420. The Morgan fingerprint density at radius 2 is 1.79 bits per heavy atom. The predicted molar refractivity (Wildman–Crippen MR) is 70.1 cm³/mol. The molecule has 1 nitrogen and oxygen atoms in total. The van der Waals surface area contributed by atoms with Crippen LogP contribution in [0.4, 0.5) is 0 Å². The summed E-state index contributed by atoms with van der Waals surface area (Å²) in [5.74, 6) is 0. The van der Waals surface area contributed by atoms with Crippen LogP contribution in [0, 0.1) is 3.57 Å². The Labute approximate surface area is 105 Å². The summed E-state index contributed by atoms with van der Waals surface area (Å²) >= 11 is 5.84. The van der Waals surface area contributed by atoms with Gasteiger partial charge in [0.1, 0.15) is 0 Å². The van der Waals surface area contributed by atoms with Crippen LogP contribution in [0.3, 0.4) is 0 Å². The largest absolute Gasteiger partial charge is 0.255 e. The molecule has 0 unspecified atom stereocenters. The molecule has 0 spiro atoms. The van der Waals surface area contributed by atoms with Gasteiger partial charge in [-0.1, -0.05) is 30.3 Å².